The van der Waals surface area contributed by atoms with E-state index in [0.717, 1.165) is 20.3 Å². The minimum atomic E-state index is -3.60. The molecule has 0 fully saturated rings. The van der Waals surface area contributed by atoms with Gasteiger partial charge in [-0.2, -0.15) is 0 Å². The smallest absolute Gasteiger partial charge is 0.261 e. The van der Waals surface area contributed by atoms with Crippen molar-refractivity contribution in [2.75, 3.05) is 4.72 Å². The highest BCUT2D eigenvalue weighted by molar-refractivity contribution is 14.1. The first kappa shape index (κ1) is 17.0. The van der Waals surface area contributed by atoms with Crippen molar-refractivity contribution in [2.45, 2.75) is 11.8 Å². The highest BCUT2D eigenvalue weighted by Gasteiger charge is 2.15. The lowest BCUT2D eigenvalue weighted by atomic mass is 10.1. The summed E-state index contributed by atoms with van der Waals surface area (Å²) in [6.07, 6.45) is 0. The summed E-state index contributed by atoms with van der Waals surface area (Å²) in [4.78, 5) is 0.250. The van der Waals surface area contributed by atoms with Gasteiger partial charge in [0.15, 0.2) is 0 Å². The normalized spacial score (nSPS) is 11.2. The number of aryl methyl sites for hydroxylation is 1. The lowest BCUT2D eigenvalue weighted by Gasteiger charge is -2.11. The molecule has 0 aromatic heterocycles. The lowest BCUT2D eigenvalue weighted by molar-refractivity contribution is 0.601. The van der Waals surface area contributed by atoms with E-state index in [1.807, 2.05) is 61.5 Å². The number of rotatable bonds is 4. The molecule has 122 valence electrons. The number of hydrogen-bond acceptors (Lipinski definition) is 2. The molecule has 3 aromatic carbocycles. The third-order valence-electron chi connectivity index (χ3n) is 3.70. The van der Waals surface area contributed by atoms with Crippen LogP contribution in [0.2, 0.25) is 0 Å². The lowest BCUT2D eigenvalue weighted by Crippen LogP contribution is -2.13. The Kier molecular flexibility index (Phi) is 4.91. The molecule has 0 aliphatic rings. The molecule has 0 aliphatic heterocycles. The van der Waals surface area contributed by atoms with Crippen LogP contribution in [0, 0.1) is 10.5 Å². The van der Waals surface area contributed by atoms with E-state index in [0.29, 0.717) is 5.69 Å². The fourth-order valence-electron chi connectivity index (χ4n) is 2.40. The van der Waals surface area contributed by atoms with Crippen LogP contribution in [-0.2, 0) is 10.0 Å². The Labute approximate surface area is 155 Å². The van der Waals surface area contributed by atoms with Crippen molar-refractivity contribution in [1.29, 1.82) is 0 Å². The van der Waals surface area contributed by atoms with E-state index in [4.69, 9.17) is 0 Å². The van der Waals surface area contributed by atoms with E-state index in [1.54, 1.807) is 18.2 Å². The fourth-order valence-corrected chi connectivity index (χ4v) is 4.18. The average molecular weight is 449 g/mol. The molecule has 0 amide bonds. The molecule has 3 aromatic rings. The van der Waals surface area contributed by atoms with Crippen molar-refractivity contribution in [3.05, 3.63) is 81.9 Å². The van der Waals surface area contributed by atoms with Gasteiger partial charge in [-0.15, -0.1) is 0 Å². The number of halogens is 1. The fraction of sp³-hybridized carbons (Fsp3) is 0.0526. The van der Waals surface area contributed by atoms with Gasteiger partial charge in [-0.3, -0.25) is 4.72 Å². The molecule has 1 N–H and O–H groups in total. The topological polar surface area (TPSA) is 46.2 Å². The van der Waals surface area contributed by atoms with E-state index in [2.05, 4.69) is 27.3 Å². The first-order valence-electron chi connectivity index (χ1n) is 7.40. The zero-order chi connectivity index (χ0) is 17.2. The first-order chi connectivity index (χ1) is 11.5. The van der Waals surface area contributed by atoms with E-state index >= 15 is 0 Å². The van der Waals surface area contributed by atoms with E-state index in [1.165, 1.54) is 0 Å². The summed E-state index contributed by atoms with van der Waals surface area (Å²) < 4.78 is 28.9. The maximum Gasteiger partial charge on any atom is 0.261 e. The summed E-state index contributed by atoms with van der Waals surface area (Å²) >= 11 is 2.20. The summed E-state index contributed by atoms with van der Waals surface area (Å²) in [6.45, 7) is 1.89. The van der Waals surface area contributed by atoms with Crippen LogP contribution in [0.3, 0.4) is 0 Å². The van der Waals surface area contributed by atoms with Crippen molar-refractivity contribution >= 4 is 38.3 Å². The second-order valence-electron chi connectivity index (χ2n) is 5.46. The Bertz CT molecular complexity index is 952. The van der Waals surface area contributed by atoms with Gasteiger partial charge in [-0.25, -0.2) is 8.42 Å². The van der Waals surface area contributed by atoms with Gasteiger partial charge in [0.05, 0.1) is 10.6 Å². The highest BCUT2D eigenvalue weighted by Crippen LogP contribution is 2.24. The van der Waals surface area contributed by atoms with Gasteiger partial charge in [0.25, 0.3) is 10.0 Å². The van der Waals surface area contributed by atoms with Gasteiger partial charge in [-0.1, -0.05) is 42.5 Å². The molecular weight excluding hydrogens is 433 g/mol. The van der Waals surface area contributed by atoms with Crippen molar-refractivity contribution in [2.24, 2.45) is 0 Å². The highest BCUT2D eigenvalue weighted by atomic mass is 127. The van der Waals surface area contributed by atoms with Crippen LogP contribution >= 0.6 is 22.6 Å². The molecule has 0 saturated heterocycles. The molecule has 24 heavy (non-hydrogen) atoms. The number of benzene rings is 3. The van der Waals surface area contributed by atoms with Crippen LogP contribution in [0.4, 0.5) is 5.69 Å². The summed E-state index contributed by atoms with van der Waals surface area (Å²) in [5.41, 5.74) is 3.54. The minimum Gasteiger partial charge on any atom is -0.279 e. The standard InChI is InChI=1S/C19H16INO2S/c1-14-13-17(20)9-12-19(14)21-24(22,23)18-10-7-16(8-11-18)15-5-3-2-4-6-15/h2-13,21H,1H3. The van der Waals surface area contributed by atoms with E-state index in [-0.39, 0.29) is 4.90 Å². The van der Waals surface area contributed by atoms with Crippen molar-refractivity contribution in [3.8, 4) is 11.1 Å². The third kappa shape index (κ3) is 3.79. The van der Waals surface area contributed by atoms with Gasteiger partial charge in [0, 0.05) is 3.57 Å². The van der Waals surface area contributed by atoms with Crippen molar-refractivity contribution in [3.63, 3.8) is 0 Å². The van der Waals surface area contributed by atoms with Crippen LogP contribution in [0.25, 0.3) is 11.1 Å². The second-order valence-corrected chi connectivity index (χ2v) is 8.38. The molecule has 3 rings (SSSR count). The molecule has 0 bridgehead atoms. The van der Waals surface area contributed by atoms with Crippen LogP contribution in [0.5, 0.6) is 0 Å². The molecule has 0 unspecified atom stereocenters. The third-order valence-corrected chi connectivity index (χ3v) is 5.76. The Morgan fingerprint density at radius 2 is 1.46 bits per heavy atom. The zero-order valence-electron chi connectivity index (χ0n) is 13.0. The number of sulfonamides is 1. The Morgan fingerprint density at radius 1 is 0.833 bits per heavy atom. The predicted molar refractivity (Wildman–Crippen MR) is 107 cm³/mol. The largest absolute Gasteiger partial charge is 0.279 e. The van der Waals surface area contributed by atoms with Gasteiger partial charge in [-0.05, 0) is 76.5 Å². The maximum absolute atomic E-state index is 12.6. The van der Waals surface area contributed by atoms with Crippen LogP contribution in [0.15, 0.2) is 77.7 Å². The second kappa shape index (κ2) is 6.94. The monoisotopic (exact) mass is 449 g/mol. The van der Waals surface area contributed by atoms with Gasteiger partial charge >= 0.3 is 0 Å². The van der Waals surface area contributed by atoms with E-state index in [9.17, 15) is 8.42 Å². The van der Waals surface area contributed by atoms with Crippen LogP contribution in [0.1, 0.15) is 5.56 Å². The van der Waals surface area contributed by atoms with Crippen LogP contribution < -0.4 is 4.72 Å². The van der Waals surface area contributed by atoms with Gasteiger partial charge < -0.3 is 0 Å². The van der Waals surface area contributed by atoms with Crippen molar-refractivity contribution in [1.82, 2.24) is 0 Å². The summed E-state index contributed by atoms with van der Waals surface area (Å²) in [5.74, 6) is 0. The predicted octanol–water partition coefficient (Wildman–Crippen LogP) is 5.07. The molecule has 0 spiro atoms. The quantitative estimate of drug-likeness (QED) is 0.566. The Hall–Kier alpha value is -1.86. The molecule has 5 heteroatoms. The summed E-state index contributed by atoms with van der Waals surface area (Å²) in [6, 6.07) is 22.4. The Balaban J connectivity index is 1.87. The first-order valence-corrected chi connectivity index (χ1v) is 9.96. The molecule has 0 atom stereocenters. The van der Waals surface area contributed by atoms with E-state index < -0.39 is 10.0 Å². The number of hydrogen-bond donors (Lipinski definition) is 1. The zero-order valence-corrected chi connectivity index (χ0v) is 16.0. The molecule has 3 nitrogen and oxygen atoms in total. The van der Waals surface area contributed by atoms with Crippen molar-refractivity contribution < 1.29 is 8.42 Å². The van der Waals surface area contributed by atoms with Gasteiger partial charge in [0.1, 0.15) is 0 Å². The summed E-state index contributed by atoms with van der Waals surface area (Å²) in [7, 11) is -3.60. The van der Waals surface area contributed by atoms with Crippen LogP contribution in [-0.4, -0.2) is 8.42 Å². The molecule has 0 heterocycles. The molecular formula is C19H16INO2S. The summed E-state index contributed by atoms with van der Waals surface area (Å²) in [5, 5.41) is 0. The molecule has 0 saturated carbocycles. The Morgan fingerprint density at radius 3 is 2.08 bits per heavy atom. The molecule has 0 radical (unpaired) electrons. The number of nitrogens with one attached hydrogen (secondary N) is 1. The number of anilines is 1. The van der Waals surface area contributed by atoms with Gasteiger partial charge in [0.2, 0.25) is 0 Å². The average Bonchev–Trinajstić information content (AvgIpc) is 2.58. The maximum atomic E-state index is 12.6. The SMILES string of the molecule is Cc1cc(I)ccc1NS(=O)(=O)c1ccc(-c2ccccc2)cc1. The molecule has 0 aliphatic carbocycles. The minimum absolute atomic E-state index is 0.250.